The number of amides is 1. The molecule has 142 valence electrons. The Balaban J connectivity index is 1.50. The highest BCUT2D eigenvalue weighted by Gasteiger charge is 2.46. The Labute approximate surface area is 162 Å². The predicted molar refractivity (Wildman–Crippen MR) is 110 cm³/mol. The van der Waals surface area contributed by atoms with Crippen LogP contribution in [-0.4, -0.2) is 35.6 Å². The van der Waals surface area contributed by atoms with Gasteiger partial charge in [-0.05, 0) is 55.8 Å². The summed E-state index contributed by atoms with van der Waals surface area (Å²) in [4.78, 5) is 14.5. The van der Waals surface area contributed by atoms with Gasteiger partial charge in [-0.3, -0.25) is 4.79 Å². The number of hydrogen-bond donors (Lipinski definition) is 2. The average Bonchev–Trinajstić information content (AvgIpc) is 2.69. The Hall–Kier alpha value is -1.62. The van der Waals surface area contributed by atoms with Gasteiger partial charge in [-0.1, -0.05) is 49.6 Å². The number of primary amides is 1. The number of thiocarbonyl (C=S) groups is 1. The Bertz CT molecular complexity index is 605. The molecule has 1 aromatic carbocycles. The van der Waals surface area contributed by atoms with Crippen molar-refractivity contribution in [1.29, 1.82) is 0 Å². The molecule has 1 aliphatic heterocycles. The minimum Gasteiger partial charge on any atom is -0.369 e. The lowest BCUT2D eigenvalue weighted by molar-refractivity contribution is -0.135. The molecule has 4 nitrogen and oxygen atoms in total. The fourth-order valence-electron chi connectivity index (χ4n) is 4.69. The largest absolute Gasteiger partial charge is 0.369 e. The summed E-state index contributed by atoms with van der Waals surface area (Å²) in [7, 11) is 0. The standard InChI is InChI=1S/C21H31N3OS/c22-19(25)21(18-9-5-2-6-10-18)12-15-24(16-13-21)20(26)23-14-11-17-7-3-1-4-8-17/h1,3-4,7-8,18H,2,5-6,9-16H2,(H2,22,25)(H,23,26). The third kappa shape index (κ3) is 4.37. The number of benzene rings is 1. The van der Waals surface area contributed by atoms with Crippen molar-refractivity contribution >= 4 is 23.2 Å². The van der Waals surface area contributed by atoms with Gasteiger partial charge >= 0.3 is 0 Å². The van der Waals surface area contributed by atoms with Crippen molar-refractivity contribution in [2.24, 2.45) is 17.1 Å². The van der Waals surface area contributed by atoms with E-state index in [1.54, 1.807) is 0 Å². The molecule has 1 heterocycles. The highest BCUT2D eigenvalue weighted by atomic mass is 32.1. The molecule has 0 unspecified atom stereocenters. The number of nitrogens with two attached hydrogens (primary N) is 1. The van der Waals surface area contributed by atoms with Crippen molar-refractivity contribution in [3.63, 3.8) is 0 Å². The summed E-state index contributed by atoms with van der Waals surface area (Å²) in [5.74, 6) is 0.377. The second kappa shape index (κ2) is 8.85. The number of nitrogens with one attached hydrogen (secondary N) is 1. The van der Waals surface area contributed by atoms with Crippen LogP contribution in [0.4, 0.5) is 0 Å². The molecule has 0 aromatic heterocycles. The van der Waals surface area contributed by atoms with Crippen LogP contribution in [0.5, 0.6) is 0 Å². The van der Waals surface area contributed by atoms with Crippen LogP contribution in [0.1, 0.15) is 50.5 Å². The molecule has 2 aliphatic rings. The lowest BCUT2D eigenvalue weighted by Crippen LogP contribution is -2.54. The van der Waals surface area contributed by atoms with Gasteiger partial charge in [-0.2, -0.15) is 0 Å². The highest BCUT2D eigenvalue weighted by Crippen LogP contribution is 2.45. The van der Waals surface area contributed by atoms with Crippen molar-refractivity contribution in [3.05, 3.63) is 35.9 Å². The summed E-state index contributed by atoms with van der Waals surface area (Å²) >= 11 is 5.59. The Morgan fingerprint density at radius 3 is 2.42 bits per heavy atom. The van der Waals surface area contributed by atoms with E-state index < -0.39 is 0 Å². The van der Waals surface area contributed by atoms with Crippen LogP contribution in [0.3, 0.4) is 0 Å². The molecule has 2 fully saturated rings. The fourth-order valence-corrected chi connectivity index (χ4v) is 4.97. The number of carbonyl (C=O) groups excluding carboxylic acids is 1. The molecule has 3 N–H and O–H groups in total. The molecule has 0 radical (unpaired) electrons. The Morgan fingerprint density at radius 2 is 1.81 bits per heavy atom. The van der Waals surface area contributed by atoms with Crippen molar-refractivity contribution in [3.8, 4) is 0 Å². The first kappa shape index (κ1) is 19.2. The van der Waals surface area contributed by atoms with Crippen LogP contribution in [0.25, 0.3) is 0 Å². The van der Waals surface area contributed by atoms with E-state index in [1.165, 1.54) is 24.8 Å². The van der Waals surface area contributed by atoms with Crippen molar-refractivity contribution in [1.82, 2.24) is 10.2 Å². The third-order valence-corrected chi connectivity index (χ3v) is 6.76. The first-order chi connectivity index (χ1) is 12.6. The molecular weight excluding hydrogens is 342 g/mol. The molecule has 3 rings (SSSR count). The van der Waals surface area contributed by atoms with Crippen LogP contribution in [0, 0.1) is 11.3 Å². The lowest BCUT2D eigenvalue weighted by atomic mass is 9.63. The van der Waals surface area contributed by atoms with Gasteiger partial charge in [0.15, 0.2) is 5.11 Å². The number of nitrogens with zero attached hydrogens (tertiary/aromatic N) is 1. The molecular formula is C21H31N3OS. The van der Waals surface area contributed by atoms with E-state index in [1.807, 2.05) is 6.07 Å². The molecule has 1 saturated heterocycles. The molecule has 0 atom stereocenters. The zero-order valence-corrected chi connectivity index (χ0v) is 16.4. The summed E-state index contributed by atoms with van der Waals surface area (Å²) in [5, 5.41) is 4.19. The van der Waals surface area contributed by atoms with E-state index in [0.29, 0.717) is 5.92 Å². The van der Waals surface area contributed by atoms with E-state index in [2.05, 4.69) is 34.5 Å². The molecule has 1 saturated carbocycles. The molecule has 1 aromatic rings. The second-order valence-corrected chi connectivity index (χ2v) is 8.20. The summed E-state index contributed by atoms with van der Waals surface area (Å²) in [6.45, 7) is 2.50. The smallest absolute Gasteiger partial charge is 0.224 e. The zero-order chi connectivity index (χ0) is 18.4. The molecule has 1 amide bonds. The van der Waals surface area contributed by atoms with Gasteiger partial charge in [-0.25, -0.2) is 0 Å². The average molecular weight is 374 g/mol. The van der Waals surface area contributed by atoms with Gasteiger partial charge in [0.1, 0.15) is 0 Å². The predicted octanol–water partition coefficient (Wildman–Crippen LogP) is 3.25. The minimum absolute atomic E-state index is 0.0907. The van der Waals surface area contributed by atoms with Crippen LogP contribution in [-0.2, 0) is 11.2 Å². The molecule has 26 heavy (non-hydrogen) atoms. The summed E-state index contributed by atoms with van der Waals surface area (Å²) < 4.78 is 0. The highest BCUT2D eigenvalue weighted by molar-refractivity contribution is 7.80. The number of rotatable bonds is 5. The molecule has 0 bridgehead atoms. The third-order valence-electron chi connectivity index (χ3n) is 6.35. The van der Waals surface area contributed by atoms with Crippen LogP contribution < -0.4 is 11.1 Å². The molecule has 1 aliphatic carbocycles. The van der Waals surface area contributed by atoms with E-state index >= 15 is 0 Å². The minimum atomic E-state index is -0.309. The lowest BCUT2D eigenvalue weighted by Gasteiger charge is -2.46. The van der Waals surface area contributed by atoms with Gasteiger partial charge in [0.05, 0.1) is 5.41 Å². The fraction of sp³-hybridized carbons (Fsp3) is 0.619. The molecule has 0 spiro atoms. The van der Waals surface area contributed by atoms with E-state index in [4.69, 9.17) is 18.0 Å². The van der Waals surface area contributed by atoms with Gasteiger partial charge in [0, 0.05) is 19.6 Å². The summed E-state index contributed by atoms with van der Waals surface area (Å²) in [6.07, 6.45) is 8.73. The number of likely N-dealkylation sites (tertiary alicyclic amines) is 1. The van der Waals surface area contributed by atoms with Gasteiger partial charge in [-0.15, -0.1) is 0 Å². The SMILES string of the molecule is NC(=O)C1(C2CCCCC2)CCN(C(=S)NCCc2ccccc2)CC1. The topological polar surface area (TPSA) is 58.4 Å². The maximum Gasteiger partial charge on any atom is 0.224 e. The molecule has 5 heteroatoms. The van der Waals surface area contributed by atoms with Crippen molar-refractivity contribution < 1.29 is 4.79 Å². The van der Waals surface area contributed by atoms with Crippen LogP contribution in [0.2, 0.25) is 0 Å². The maximum absolute atomic E-state index is 12.3. The van der Waals surface area contributed by atoms with Crippen LogP contribution in [0.15, 0.2) is 30.3 Å². The number of carbonyl (C=O) groups is 1. The first-order valence-electron chi connectivity index (χ1n) is 9.98. The normalized spacial score (nSPS) is 20.5. The Morgan fingerprint density at radius 1 is 1.15 bits per heavy atom. The van der Waals surface area contributed by atoms with Crippen molar-refractivity contribution in [2.45, 2.75) is 51.4 Å². The number of piperidine rings is 1. The summed E-state index contributed by atoms with van der Waals surface area (Å²) in [6, 6.07) is 10.4. The summed E-state index contributed by atoms with van der Waals surface area (Å²) in [5.41, 5.74) is 6.90. The van der Waals surface area contributed by atoms with Gasteiger partial charge < -0.3 is 16.0 Å². The van der Waals surface area contributed by atoms with Crippen LogP contribution >= 0.6 is 12.2 Å². The van der Waals surface area contributed by atoms with E-state index in [0.717, 1.165) is 56.9 Å². The monoisotopic (exact) mass is 373 g/mol. The number of hydrogen-bond acceptors (Lipinski definition) is 2. The van der Waals surface area contributed by atoms with E-state index in [9.17, 15) is 4.79 Å². The second-order valence-electron chi connectivity index (χ2n) is 7.81. The van der Waals surface area contributed by atoms with E-state index in [-0.39, 0.29) is 11.3 Å². The van der Waals surface area contributed by atoms with Gasteiger partial charge in [0.25, 0.3) is 0 Å². The maximum atomic E-state index is 12.3. The first-order valence-corrected chi connectivity index (χ1v) is 10.4. The zero-order valence-electron chi connectivity index (χ0n) is 15.6. The quantitative estimate of drug-likeness (QED) is 0.778. The van der Waals surface area contributed by atoms with Crippen molar-refractivity contribution in [2.75, 3.05) is 19.6 Å². The Kier molecular flexibility index (Phi) is 6.52. The van der Waals surface area contributed by atoms with Gasteiger partial charge in [0.2, 0.25) is 5.91 Å².